The van der Waals surface area contributed by atoms with Crippen molar-refractivity contribution in [2.24, 2.45) is 0 Å². The van der Waals surface area contributed by atoms with Crippen molar-refractivity contribution in [3.63, 3.8) is 0 Å². The van der Waals surface area contributed by atoms with Gasteiger partial charge in [-0.05, 0) is 99.8 Å². The zero-order chi connectivity index (χ0) is 26.7. The summed E-state index contributed by atoms with van der Waals surface area (Å²) in [5.41, 5.74) is 4.63. The summed E-state index contributed by atoms with van der Waals surface area (Å²) in [6.45, 7) is 7.94. The Bertz CT molecular complexity index is 1220. The largest absolute Gasteiger partial charge is 0.497 e. The summed E-state index contributed by atoms with van der Waals surface area (Å²) in [4.78, 5) is 18.0. The van der Waals surface area contributed by atoms with Gasteiger partial charge in [0.15, 0.2) is 0 Å². The van der Waals surface area contributed by atoms with Crippen LogP contribution in [-0.4, -0.2) is 81.9 Å². The molecule has 8 nitrogen and oxygen atoms in total. The number of sulfonamides is 1. The standard InChI is InChI=1S/C28H40N4O4S/c1-20-16-26(36-5)17-21(2)28(20)37(34,35)31(4)14-11-27(33)29-24-7-6-23-19-32(15-8-22(23)18-24)25-9-12-30(3)13-10-25/h6-7,16-18,25H,8-15,19H2,1-5H3,(H,29,33). The molecule has 2 heterocycles. The number of rotatable bonds is 8. The zero-order valence-corrected chi connectivity index (χ0v) is 23.5. The lowest BCUT2D eigenvalue weighted by atomic mass is 9.95. The van der Waals surface area contributed by atoms with Crippen LogP contribution >= 0.6 is 0 Å². The molecule has 202 valence electrons. The number of carbonyl (C=O) groups excluding carboxylic acids is 1. The number of hydrogen-bond donors (Lipinski definition) is 1. The van der Waals surface area contributed by atoms with Crippen molar-refractivity contribution in [3.05, 3.63) is 52.6 Å². The fourth-order valence-corrected chi connectivity index (χ4v) is 7.09. The van der Waals surface area contributed by atoms with Crippen molar-refractivity contribution in [2.75, 3.05) is 52.7 Å². The van der Waals surface area contributed by atoms with E-state index in [1.54, 1.807) is 33.1 Å². The number of carbonyl (C=O) groups is 1. The molecule has 2 aromatic rings. The van der Waals surface area contributed by atoms with Crippen molar-refractivity contribution in [2.45, 2.75) is 57.0 Å². The predicted molar refractivity (Wildman–Crippen MR) is 147 cm³/mol. The number of aryl methyl sites for hydroxylation is 2. The van der Waals surface area contributed by atoms with Gasteiger partial charge in [0.25, 0.3) is 0 Å². The van der Waals surface area contributed by atoms with Crippen molar-refractivity contribution in [3.8, 4) is 5.75 Å². The third-order valence-corrected chi connectivity index (χ3v) is 9.89. The second-order valence-electron chi connectivity index (χ2n) is 10.5. The Hall–Kier alpha value is -2.46. The maximum Gasteiger partial charge on any atom is 0.243 e. The van der Waals surface area contributed by atoms with Gasteiger partial charge in [0, 0.05) is 44.8 Å². The molecule has 0 spiro atoms. The maximum absolute atomic E-state index is 13.2. The molecule has 0 saturated carbocycles. The van der Waals surface area contributed by atoms with Gasteiger partial charge in [0.05, 0.1) is 12.0 Å². The predicted octanol–water partition coefficient (Wildman–Crippen LogP) is 3.41. The number of nitrogens with zero attached hydrogens (tertiary/aromatic N) is 3. The lowest BCUT2D eigenvalue weighted by Crippen LogP contribution is -2.45. The molecule has 0 unspecified atom stereocenters. The van der Waals surface area contributed by atoms with E-state index in [0.29, 0.717) is 22.9 Å². The molecule has 0 radical (unpaired) electrons. The van der Waals surface area contributed by atoms with E-state index in [2.05, 4.69) is 34.3 Å². The normalized spacial score (nSPS) is 17.6. The Labute approximate surface area is 221 Å². The first-order chi connectivity index (χ1) is 17.6. The summed E-state index contributed by atoms with van der Waals surface area (Å²) < 4.78 is 32.9. The number of fused-ring (bicyclic) bond motifs is 1. The molecular formula is C28H40N4O4S. The minimum absolute atomic E-state index is 0.0744. The number of ether oxygens (including phenoxy) is 1. The van der Waals surface area contributed by atoms with E-state index in [1.807, 2.05) is 6.07 Å². The second-order valence-corrected chi connectivity index (χ2v) is 12.4. The highest BCUT2D eigenvalue weighted by molar-refractivity contribution is 7.89. The highest BCUT2D eigenvalue weighted by Gasteiger charge is 2.27. The summed E-state index contributed by atoms with van der Waals surface area (Å²) in [6.07, 6.45) is 3.50. The van der Waals surface area contributed by atoms with Gasteiger partial charge in [-0.2, -0.15) is 0 Å². The van der Waals surface area contributed by atoms with Gasteiger partial charge in [-0.25, -0.2) is 12.7 Å². The van der Waals surface area contributed by atoms with Crippen LogP contribution in [0.2, 0.25) is 0 Å². The van der Waals surface area contributed by atoms with E-state index in [1.165, 1.54) is 35.3 Å². The van der Waals surface area contributed by atoms with E-state index in [-0.39, 0.29) is 23.8 Å². The summed E-state index contributed by atoms with van der Waals surface area (Å²) in [6, 6.07) is 10.2. The van der Waals surface area contributed by atoms with Crippen LogP contribution in [0.3, 0.4) is 0 Å². The van der Waals surface area contributed by atoms with E-state index in [4.69, 9.17) is 4.74 Å². The molecule has 37 heavy (non-hydrogen) atoms. The summed E-state index contributed by atoms with van der Waals surface area (Å²) in [5.74, 6) is 0.421. The topological polar surface area (TPSA) is 82.2 Å². The number of hydrogen-bond acceptors (Lipinski definition) is 6. The quantitative estimate of drug-likeness (QED) is 0.566. The average molecular weight is 529 g/mol. The highest BCUT2D eigenvalue weighted by Crippen LogP contribution is 2.29. The Morgan fingerprint density at radius 1 is 1.08 bits per heavy atom. The van der Waals surface area contributed by atoms with E-state index < -0.39 is 10.0 Å². The Morgan fingerprint density at radius 3 is 2.41 bits per heavy atom. The molecule has 1 amide bonds. The summed E-state index contributed by atoms with van der Waals surface area (Å²) in [5, 5.41) is 2.96. The number of piperidine rings is 1. The third-order valence-electron chi connectivity index (χ3n) is 7.73. The number of anilines is 1. The van der Waals surface area contributed by atoms with Crippen molar-refractivity contribution in [1.29, 1.82) is 0 Å². The van der Waals surface area contributed by atoms with Gasteiger partial charge < -0.3 is 15.0 Å². The SMILES string of the molecule is COc1cc(C)c(S(=O)(=O)N(C)CCC(=O)Nc2ccc3c(c2)CCN(C2CCN(C)CC2)C3)c(C)c1. The number of likely N-dealkylation sites (tertiary alicyclic amines) is 1. The smallest absolute Gasteiger partial charge is 0.243 e. The lowest BCUT2D eigenvalue weighted by molar-refractivity contribution is -0.116. The minimum atomic E-state index is -3.73. The molecule has 0 aliphatic carbocycles. The molecule has 1 saturated heterocycles. The van der Waals surface area contributed by atoms with Gasteiger partial charge in [0.2, 0.25) is 15.9 Å². The molecule has 0 atom stereocenters. The first kappa shape index (κ1) is 27.6. The monoisotopic (exact) mass is 528 g/mol. The molecule has 4 rings (SSSR count). The Balaban J connectivity index is 1.33. The molecule has 1 N–H and O–H groups in total. The number of benzene rings is 2. The first-order valence-electron chi connectivity index (χ1n) is 13.0. The third kappa shape index (κ3) is 6.34. The molecule has 9 heteroatoms. The second kappa shape index (κ2) is 11.5. The van der Waals surface area contributed by atoms with E-state index >= 15 is 0 Å². The molecule has 2 aliphatic rings. The first-order valence-corrected chi connectivity index (χ1v) is 14.5. The van der Waals surface area contributed by atoms with E-state index in [9.17, 15) is 13.2 Å². The average Bonchev–Trinajstić information content (AvgIpc) is 2.86. The minimum Gasteiger partial charge on any atom is -0.497 e. The fourth-order valence-electron chi connectivity index (χ4n) is 5.52. The Morgan fingerprint density at radius 2 is 1.76 bits per heavy atom. The van der Waals surface area contributed by atoms with Gasteiger partial charge in [-0.3, -0.25) is 9.69 Å². The van der Waals surface area contributed by atoms with Crippen LogP contribution in [0.5, 0.6) is 5.75 Å². The van der Waals surface area contributed by atoms with Crippen LogP contribution in [0.1, 0.15) is 41.5 Å². The molecular weight excluding hydrogens is 488 g/mol. The summed E-state index contributed by atoms with van der Waals surface area (Å²) in [7, 11) is 1.53. The van der Waals surface area contributed by atoms with Crippen LogP contribution < -0.4 is 10.1 Å². The van der Waals surface area contributed by atoms with Gasteiger partial charge in [0.1, 0.15) is 5.75 Å². The van der Waals surface area contributed by atoms with Crippen LogP contribution in [-0.2, 0) is 27.8 Å². The number of nitrogens with one attached hydrogen (secondary N) is 1. The van der Waals surface area contributed by atoms with Crippen LogP contribution in [0.15, 0.2) is 35.2 Å². The molecule has 0 aromatic heterocycles. The number of amides is 1. The van der Waals surface area contributed by atoms with Gasteiger partial charge >= 0.3 is 0 Å². The van der Waals surface area contributed by atoms with Crippen LogP contribution in [0, 0.1) is 13.8 Å². The fraction of sp³-hybridized carbons (Fsp3) is 0.536. The maximum atomic E-state index is 13.2. The van der Waals surface area contributed by atoms with Crippen molar-refractivity contribution >= 4 is 21.6 Å². The van der Waals surface area contributed by atoms with E-state index in [0.717, 1.165) is 38.3 Å². The molecule has 2 aromatic carbocycles. The molecule has 2 aliphatic heterocycles. The van der Waals surface area contributed by atoms with Crippen LogP contribution in [0.25, 0.3) is 0 Å². The van der Waals surface area contributed by atoms with Crippen molar-refractivity contribution < 1.29 is 17.9 Å². The zero-order valence-electron chi connectivity index (χ0n) is 22.7. The lowest BCUT2D eigenvalue weighted by Gasteiger charge is -2.39. The van der Waals surface area contributed by atoms with Gasteiger partial charge in [-0.15, -0.1) is 0 Å². The molecule has 0 bridgehead atoms. The number of methoxy groups -OCH3 is 1. The molecule has 1 fully saturated rings. The van der Waals surface area contributed by atoms with Gasteiger partial charge in [-0.1, -0.05) is 6.07 Å². The van der Waals surface area contributed by atoms with Crippen LogP contribution in [0.4, 0.5) is 5.69 Å². The van der Waals surface area contributed by atoms with Crippen molar-refractivity contribution in [1.82, 2.24) is 14.1 Å². The summed E-state index contributed by atoms with van der Waals surface area (Å²) >= 11 is 0. The Kier molecular flexibility index (Phi) is 8.58. The highest BCUT2D eigenvalue weighted by atomic mass is 32.2.